The van der Waals surface area contributed by atoms with Crippen LogP contribution in [0.3, 0.4) is 0 Å². The van der Waals surface area contributed by atoms with E-state index in [4.69, 9.17) is 0 Å². The monoisotopic (exact) mass is 251 g/mol. The average Bonchev–Trinajstić information content (AvgIpc) is 2.84. The van der Waals surface area contributed by atoms with Crippen LogP contribution in [0.2, 0.25) is 0 Å². The molecule has 0 spiro atoms. The second kappa shape index (κ2) is 4.43. The Bertz CT molecular complexity index is 741. The van der Waals surface area contributed by atoms with Crippen molar-refractivity contribution in [3.05, 3.63) is 47.5 Å². The summed E-state index contributed by atoms with van der Waals surface area (Å²) in [5, 5.41) is 3.14. The molecule has 19 heavy (non-hydrogen) atoms. The Morgan fingerprint density at radius 1 is 1.00 bits per heavy atom. The summed E-state index contributed by atoms with van der Waals surface area (Å²) in [5.41, 5.74) is 6.85. The molecule has 2 aromatic carbocycles. The number of anilines is 1. The molecule has 1 aromatic heterocycles. The Kier molecular flexibility index (Phi) is 2.75. The SMILES string of the molecule is CNc1ccc2nc(-c3ccc(C)c(C)c3)[nH]c2c1. The van der Waals surface area contributed by atoms with Crippen LogP contribution < -0.4 is 5.32 Å². The highest BCUT2D eigenvalue weighted by atomic mass is 14.9. The fraction of sp³-hybridized carbons (Fsp3) is 0.188. The summed E-state index contributed by atoms with van der Waals surface area (Å²) >= 11 is 0. The molecule has 0 atom stereocenters. The summed E-state index contributed by atoms with van der Waals surface area (Å²) in [5.74, 6) is 0.923. The third-order valence-electron chi connectivity index (χ3n) is 3.55. The van der Waals surface area contributed by atoms with Gasteiger partial charge in [0, 0.05) is 18.3 Å². The van der Waals surface area contributed by atoms with Crippen LogP contribution in [0.1, 0.15) is 11.1 Å². The first-order chi connectivity index (χ1) is 9.17. The van der Waals surface area contributed by atoms with Gasteiger partial charge in [-0.2, -0.15) is 0 Å². The Morgan fingerprint density at radius 2 is 1.84 bits per heavy atom. The topological polar surface area (TPSA) is 40.7 Å². The van der Waals surface area contributed by atoms with E-state index >= 15 is 0 Å². The molecule has 0 saturated carbocycles. The Labute approximate surface area is 112 Å². The summed E-state index contributed by atoms with van der Waals surface area (Å²) in [6, 6.07) is 12.6. The maximum Gasteiger partial charge on any atom is 0.138 e. The van der Waals surface area contributed by atoms with Gasteiger partial charge in [0.2, 0.25) is 0 Å². The first kappa shape index (κ1) is 11.8. The number of nitrogens with zero attached hydrogens (tertiary/aromatic N) is 1. The molecule has 0 amide bonds. The van der Waals surface area contributed by atoms with Gasteiger partial charge in [0.25, 0.3) is 0 Å². The zero-order valence-electron chi connectivity index (χ0n) is 11.4. The van der Waals surface area contributed by atoms with Crippen molar-refractivity contribution in [2.45, 2.75) is 13.8 Å². The predicted molar refractivity (Wildman–Crippen MR) is 80.6 cm³/mol. The number of aromatic amines is 1. The number of hydrogen-bond acceptors (Lipinski definition) is 2. The van der Waals surface area contributed by atoms with Crippen molar-refractivity contribution >= 4 is 16.7 Å². The molecule has 96 valence electrons. The van der Waals surface area contributed by atoms with E-state index in [-0.39, 0.29) is 0 Å². The van der Waals surface area contributed by atoms with E-state index in [9.17, 15) is 0 Å². The fourth-order valence-electron chi connectivity index (χ4n) is 2.19. The zero-order chi connectivity index (χ0) is 13.4. The molecule has 0 aliphatic carbocycles. The summed E-state index contributed by atoms with van der Waals surface area (Å²) in [4.78, 5) is 8.03. The van der Waals surface area contributed by atoms with Crippen LogP contribution in [0.4, 0.5) is 5.69 Å². The van der Waals surface area contributed by atoms with Crippen LogP contribution in [-0.2, 0) is 0 Å². The van der Waals surface area contributed by atoms with Crippen molar-refractivity contribution in [1.29, 1.82) is 0 Å². The lowest BCUT2D eigenvalue weighted by molar-refractivity contribution is 1.29. The molecule has 0 aliphatic rings. The lowest BCUT2D eigenvalue weighted by Crippen LogP contribution is -1.86. The fourth-order valence-corrected chi connectivity index (χ4v) is 2.19. The third kappa shape index (κ3) is 2.08. The Balaban J connectivity index is 2.11. The summed E-state index contributed by atoms with van der Waals surface area (Å²) in [6.45, 7) is 4.25. The van der Waals surface area contributed by atoms with Crippen molar-refractivity contribution in [1.82, 2.24) is 9.97 Å². The average molecular weight is 251 g/mol. The molecule has 0 bridgehead atoms. The predicted octanol–water partition coefficient (Wildman–Crippen LogP) is 3.89. The molecule has 1 heterocycles. The van der Waals surface area contributed by atoms with Gasteiger partial charge in [-0.1, -0.05) is 12.1 Å². The van der Waals surface area contributed by atoms with Crippen molar-refractivity contribution < 1.29 is 0 Å². The number of rotatable bonds is 2. The minimum atomic E-state index is 0.923. The second-order valence-electron chi connectivity index (χ2n) is 4.87. The number of imidazole rings is 1. The number of aryl methyl sites for hydroxylation is 2. The molecule has 3 aromatic rings. The molecule has 0 aliphatic heterocycles. The van der Waals surface area contributed by atoms with Crippen molar-refractivity contribution in [3.63, 3.8) is 0 Å². The maximum absolute atomic E-state index is 4.65. The highest BCUT2D eigenvalue weighted by Crippen LogP contribution is 2.24. The molecule has 0 saturated heterocycles. The number of hydrogen-bond donors (Lipinski definition) is 2. The molecule has 2 N–H and O–H groups in total. The molecular weight excluding hydrogens is 234 g/mol. The van der Waals surface area contributed by atoms with E-state index in [0.717, 1.165) is 28.1 Å². The quantitative estimate of drug-likeness (QED) is 0.725. The summed E-state index contributed by atoms with van der Waals surface area (Å²) < 4.78 is 0. The highest BCUT2D eigenvalue weighted by molar-refractivity contribution is 5.82. The number of aromatic nitrogens is 2. The summed E-state index contributed by atoms with van der Waals surface area (Å²) in [6.07, 6.45) is 0. The van der Waals surface area contributed by atoms with Crippen LogP contribution in [0.15, 0.2) is 36.4 Å². The van der Waals surface area contributed by atoms with Crippen molar-refractivity contribution in [3.8, 4) is 11.4 Å². The van der Waals surface area contributed by atoms with E-state index in [1.165, 1.54) is 11.1 Å². The van der Waals surface area contributed by atoms with E-state index in [1.54, 1.807) is 0 Å². The van der Waals surface area contributed by atoms with E-state index in [0.29, 0.717) is 0 Å². The van der Waals surface area contributed by atoms with Gasteiger partial charge in [0.05, 0.1) is 11.0 Å². The van der Waals surface area contributed by atoms with Crippen molar-refractivity contribution in [2.75, 3.05) is 12.4 Å². The van der Waals surface area contributed by atoms with Gasteiger partial charge in [-0.3, -0.25) is 0 Å². The van der Waals surface area contributed by atoms with Gasteiger partial charge in [-0.05, 0) is 49.2 Å². The van der Waals surface area contributed by atoms with Gasteiger partial charge in [-0.25, -0.2) is 4.98 Å². The molecule has 0 radical (unpaired) electrons. The lowest BCUT2D eigenvalue weighted by Gasteiger charge is -2.02. The minimum Gasteiger partial charge on any atom is -0.388 e. The number of nitrogens with one attached hydrogen (secondary N) is 2. The van der Waals surface area contributed by atoms with Gasteiger partial charge >= 0.3 is 0 Å². The van der Waals surface area contributed by atoms with Gasteiger partial charge in [-0.15, -0.1) is 0 Å². The lowest BCUT2D eigenvalue weighted by atomic mass is 10.1. The standard InChI is InChI=1S/C16H17N3/c1-10-4-5-12(8-11(10)2)16-18-14-7-6-13(17-3)9-15(14)19-16/h4-9,17H,1-3H3,(H,18,19). The van der Waals surface area contributed by atoms with Crippen LogP contribution in [-0.4, -0.2) is 17.0 Å². The third-order valence-corrected chi connectivity index (χ3v) is 3.55. The first-order valence-electron chi connectivity index (χ1n) is 6.42. The summed E-state index contributed by atoms with van der Waals surface area (Å²) in [7, 11) is 1.92. The normalized spacial score (nSPS) is 10.9. The second-order valence-corrected chi connectivity index (χ2v) is 4.87. The van der Waals surface area contributed by atoms with Crippen LogP contribution >= 0.6 is 0 Å². The largest absolute Gasteiger partial charge is 0.388 e. The zero-order valence-corrected chi connectivity index (χ0v) is 11.4. The van der Waals surface area contributed by atoms with Crippen LogP contribution in [0.5, 0.6) is 0 Å². The molecule has 0 fully saturated rings. The smallest absolute Gasteiger partial charge is 0.138 e. The first-order valence-corrected chi connectivity index (χ1v) is 6.42. The minimum absolute atomic E-state index is 0.923. The van der Waals surface area contributed by atoms with Gasteiger partial charge < -0.3 is 10.3 Å². The number of benzene rings is 2. The molecule has 0 unspecified atom stereocenters. The number of fused-ring (bicyclic) bond motifs is 1. The molecule has 3 nitrogen and oxygen atoms in total. The highest BCUT2D eigenvalue weighted by Gasteiger charge is 2.06. The molecule has 3 heteroatoms. The maximum atomic E-state index is 4.65. The van der Waals surface area contributed by atoms with E-state index in [2.05, 4.69) is 53.4 Å². The number of H-pyrrole nitrogens is 1. The Hall–Kier alpha value is -2.29. The Morgan fingerprint density at radius 3 is 2.58 bits per heavy atom. The van der Waals surface area contributed by atoms with E-state index < -0.39 is 0 Å². The van der Waals surface area contributed by atoms with Crippen LogP contribution in [0, 0.1) is 13.8 Å². The molecule has 3 rings (SSSR count). The van der Waals surface area contributed by atoms with Gasteiger partial charge in [0.15, 0.2) is 0 Å². The van der Waals surface area contributed by atoms with Crippen molar-refractivity contribution in [2.24, 2.45) is 0 Å². The van der Waals surface area contributed by atoms with Crippen LogP contribution in [0.25, 0.3) is 22.4 Å². The molecular formula is C16H17N3. The van der Waals surface area contributed by atoms with E-state index in [1.807, 2.05) is 19.2 Å². The van der Waals surface area contributed by atoms with Gasteiger partial charge in [0.1, 0.15) is 5.82 Å².